The van der Waals surface area contributed by atoms with Crippen LogP contribution in [-0.2, 0) is 24.4 Å². The zero-order chi connectivity index (χ0) is 21.1. The maximum atomic E-state index is 12.7. The fourth-order valence-electron chi connectivity index (χ4n) is 3.50. The second-order valence-electron chi connectivity index (χ2n) is 7.69. The van der Waals surface area contributed by atoms with Gasteiger partial charge >= 0.3 is 0 Å². The van der Waals surface area contributed by atoms with Crippen molar-refractivity contribution in [3.05, 3.63) is 77.8 Å². The Morgan fingerprint density at radius 1 is 1.10 bits per heavy atom. The lowest BCUT2D eigenvalue weighted by atomic mass is 10.1. The van der Waals surface area contributed by atoms with Crippen molar-refractivity contribution in [1.29, 1.82) is 0 Å². The van der Waals surface area contributed by atoms with Gasteiger partial charge in [-0.3, -0.25) is 4.79 Å². The molecule has 0 saturated heterocycles. The minimum Gasteiger partial charge on any atom is -0.349 e. The summed E-state index contributed by atoms with van der Waals surface area (Å²) in [6.45, 7) is 7.54. The molecule has 154 valence electrons. The van der Waals surface area contributed by atoms with Crippen molar-refractivity contribution < 1.29 is 4.79 Å². The molecule has 30 heavy (non-hydrogen) atoms. The number of hydrogen-bond acceptors (Lipinski definition) is 4. The van der Waals surface area contributed by atoms with Gasteiger partial charge in [0.15, 0.2) is 5.65 Å². The molecule has 0 aliphatic rings. The van der Waals surface area contributed by atoms with Crippen LogP contribution in [0.5, 0.6) is 0 Å². The zero-order valence-corrected chi connectivity index (χ0v) is 17.5. The van der Waals surface area contributed by atoms with E-state index in [1.807, 2.05) is 36.7 Å². The summed E-state index contributed by atoms with van der Waals surface area (Å²) in [5.74, 6) is 1.51. The van der Waals surface area contributed by atoms with Gasteiger partial charge in [0.05, 0.1) is 19.0 Å². The van der Waals surface area contributed by atoms with E-state index >= 15 is 0 Å². The summed E-state index contributed by atoms with van der Waals surface area (Å²) < 4.78 is 4.06. The molecule has 0 radical (unpaired) electrons. The van der Waals surface area contributed by atoms with E-state index in [9.17, 15) is 4.79 Å². The number of pyridine rings is 1. The maximum absolute atomic E-state index is 12.7. The summed E-state index contributed by atoms with van der Waals surface area (Å²) in [5.41, 5.74) is 4.05. The molecule has 3 heterocycles. The largest absolute Gasteiger partial charge is 0.349 e. The Labute approximate surface area is 175 Å². The first kappa shape index (κ1) is 19.8. The molecule has 1 unspecified atom stereocenters. The van der Waals surface area contributed by atoms with E-state index in [0.29, 0.717) is 19.6 Å². The molecule has 1 aromatic carbocycles. The van der Waals surface area contributed by atoms with Crippen LogP contribution in [0.3, 0.4) is 0 Å². The Bertz CT molecular complexity index is 1160. The molecule has 0 aliphatic carbocycles. The fraction of sp³-hybridized carbons (Fsp3) is 0.304. The number of imidazole rings is 2. The summed E-state index contributed by atoms with van der Waals surface area (Å²) in [6.07, 6.45) is 5.42. The molecule has 1 N–H and O–H groups in total. The number of carbonyl (C=O) groups excluding carboxylic acids is 1. The SMILES string of the molecule is Cc1ccc(Cn2c(CNC(=O)C(C)Cn3ccnc3C)nc3cccnc32)cc1. The number of hydrogen-bond donors (Lipinski definition) is 1. The van der Waals surface area contributed by atoms with E-state index in [-0.39, 0.29) is 11.8 Å². The van der Waals surface area contributed by atoms with Crippen LogP contribution in [0.15, 0.2) is 55.0 Å². The molecular weight excluding hydrogens is 376 g/mol. The van der Waals surface area contributed by atoms with Gasteiger partial charge in [0.2, 0.25) is 5.91 Å². The lowest BCUT2D eigenvalue weighted by Crippen LogP contribution is -2.32. The third-order valence-corrected chi connectivity index (χ3v) is 5.31. The lowest BCUT2D eigenvalue weighted by Gasteiger charge is -2.14. The first-order valence-electron chi connectivity index (χ1n) is 10.1. The Kier molecular flexibility index (Phi) is 5.61. The number of aryl methyl sites for hydroxylation is 2. The molecule has 4 aromatic rings. The number of nitrogens with zero attached hydrogens (tertiary/aromatic N) is 5. The van der Waals surface area contributed by atoms with Gasteiger partial charge in [-0.2, -0.15) is 0 Å². The molecule has 0 bridgehead atoms. The van der Waals surface area contributed by atoms with Crippen LogP contribution >= 0.6 is 0 Å². The minimum absolute atomic E-state index is 0.00926. The molecule has 0 fully saturated rings. The first-order chi connectivity index (χ1) is 14.5. The van der Waals surface area contributed by atoms with Crippen molar-refractivity contribution >= 4 is 17.1 Å². The average Bonchev–Trinajstić information content (AvgIpc) is 3.31. The average molecular weight is 403 g/mol. The van der Waals surface area contributed by atoms with E-state index in [1.54, 1.807) is 12.4 Å². The molecule has 0 spiro atoms. The van der Waals surface area contributed by atoms with Crippen LogP contribution in [0.4, 0.5) is 0 Å². The summed E-state index contributed by atoms with van der Waals surface area (Å²) >= 11 is 0. The number of rotatable bonds is 7. The van der Waals surface area contributed by atoms with Crippen molar-refractivity contribution in [3.8, 4) is 0 Å². The number of amides is 1. The smallest absolute Gasteiger partial charge is 0.225 e. The zero-order valence-electron chi connectivity index (χ0n) is 17.5. The van der Waals surface area contributed by atoms with Gasteiger partial charge in [0, 0.05) is 25.1 Å². The molecule has 7 heteroatoms. The minimum atomic E-state index is -0.175. The highest BCUT2D eigenvalue weighted by atomic mass is 16.1. The predicted molar refractivity (Wildman–Crippen MR) is 116 cm³/mol. The van der Waals surface area contributed by atoms with Crippen LogP contribution in [0, 0.1) is 19.8 Å². The molecule has 4 rings (SSSR count). The summed E-state index contributed by atoms with van der Waals surface area (Å²) in [7, 11) is 0. The third-order valence-electron chi connectivity index (χ3n) is 5.31. The molecule has 0 aliphatic heterocycles. The molecule has 3 aromatic heterocycles. The number of carbonyl (C=O) groups is 1. The lowest BCUT2D eigenvalue weighted by molar-refractivity contribution is -0.125. The van der Waals surface area contributed by atoms with Crippen molar-refractivity contribution in [2.75, 3.05) is 0 Å². The summed E-state index contributed by atoms with van der Waals surface area (Å²) in [5, 5.41) is 3.04. The van der Waals surface area contributed by atoms with Crippen LogP contribution < -0.4 is 5.32 Å². The third kappa shape index (κ3) is 4.25. The van der Waals surface area contributed by atoms with E-state index in [2.05, 4.69) is 51.0 Å². The van der Waals surface area contributed by atoms with Crippen molar-refractivity contribution in [3.63, 3.8) is 0 Å². The van der Waals surface area contributed by atoms with Gasteiger partial charge in [0.1, 0.15) is 17.2 Å². The fourth-order valence-corrected chi connectivity index (χ4v) is 3.50. The van der Waals surface area contributed by atoms with Gasteiger partial charge in [-0.15, -0.1) is 0 Å². The standard InChI is InChI=1S/C23H26N6O/c1-16-6-8-19(9-7-16)15-29-21(27-20-5-4-10-25-22(20)29)13-26-23(30)17(2)14-28-12-11-24-18(28)3/h4-12,17H,13-15H2,1-3H3,(H,26,30). The van der Waals surface area contributed by atoms with E-state index < -0.39 is 0 Å². The molecule has 1 atom stereocenters. The van der Waals surface area contributed by atoms with Crippen LogP contribution in [-0.4, -0.2) is 30.0 Å². The van der Waals surface area contributed by atoms with E-state index in [0.717, 1.165) is 22.8 Å². The van der Waals surface area contributed by atoms with Crippen LogP contribution in [0.2, 0.25) is 0 Å². The van der Waals surface area contributed by atoms with Gasteiger partial charge in [-0.25, -0.2) is 15.0 Å². The van der Waals surface area contributed by atoms with Gasteiger partial charge in [-0.1, -0.05) is 36.8 Å². The first-order valence-corrected chi connectivity index (χ1v) is 10.1. The van der Waals surface area contributed by atoms with Crippen LogP contribution in [0.1, 0.15) is 29.7 Å². The van der Waals surface area contributed by atoms with Gasteiger partial charge in [-0.05, 0) is 31.5 Å². The Balaban J connectivity index is 1.51. The van der Waals surface area contributed by atoms with Crippen molar-refractivity contribution in [2.24, 2.45) is 5.92 Å². The number of benzene rings is 1. The number of aromatic nitrogens is 5. The number of nitrogens with one attached hydrogen (secondary N) is 1. The molecular formula is C23H26N6O. The maximum Gasteiger partial charge on any atom is 0.225 e. The highest BCUT2D eigenvalue weighted by Gasteiger charge is 2.17. The van der Waals surface area contributed by atoms with Crippen molar-refractivity contribution in [2.45, 2.75) is 40.4 Å². The molecule has 0 saturated carbocycles. The molecule has 1 amide bonds. The second-order valence-corrected chi connectivity index (χ2v) is 7.69. The normalized spacial score (nSPS) is 12.2. The summed E-state index contributed by atoms with van der Waals surface area (Å²) in [4.78, 5) is 26.1. The van der Waals surface area contributed by atoms with Crippen molar-refractivity contribution in [1.82, 2.24) is 29.4 Å². The predicted octanol–water partition coefficient (Wildman–Crippen LogP) is 3.25. The topological polar surface area (TPSA) is 77.6 Å². The highest BCUT2D eigenvalue weighted by Crippen LogP contribution is 2.17. The quantitative estimate of drug-likeness (QED) is 0.515. The Morgan fingerprint density at radius 3 is 2.63 bits per heavy atom. The van der Waals surface area contributed by atoms with Gasteiger partial charge < -0.3 is 14.5 Å². The van der Waals surface area contributed by atoms with E-state index in [4.69, 9.17) is 4.98 Å². The van der Waals surface area contributed by atoms with E-state index in [1.165, 1.54) is 11.1 Å². The Morgan fingerprint density at radius 2 is 1.90 bits per heavy atom. The Hall–Kier alpha value is -3.48. The molecule has 7 nitrogen and oxygen atoms in total. The highest BCUT2D eigenvalue weighted by molar-refractivity contribution is 5.78. The second kappa shape index (κ2) is 8.49. The van der Waals surface area contributed by atoms with Crippen LogP contribution in [0.25, 0.3) is 11.2 Å². The van der Waals surface area contributed by atoms with Gasteiger partial charge in [0.25, 0.3) is 0 Å². The summed E-state index contributed by atoms with van der Waals surface area (Å²) in [6, 6.07) is 12.3. The monoisotopic (exact) mass is 402 g/mol. The number of fused-ring (bicyclic) bond motifs is 1.